The van der Waals surface area contributed by atoms with E-state index in [1.165, 1.54) is 0 Å². The normalized spacial score (nSPS) is 26.9. The number of anilines is 1. The lowest BCUT2D eigenvalue weighted by Gasteiger charge is -2.35. The number of amides is 2. The number of fused-ring (bicyclic) bond motifs is 2. The van der Waals surface area contributed by atoms with Crippen molar-refractivity contribution in [3.8, 4) is 0 Å². The third-order valence-electron chi connectivity index (χ3n) is 7.25. The zero-order chi connectivity index (χ0) is 20.9. The molecule has 0 saturated carbocycles. The van der Waals surface area contributed by atoms with Crippen LogP contribution in [0.5, 0.6) is 0 Å². The average molecular weight is 408 g/mol. The molecule has 1 aromatic carbocycles. The molecule has 3 aliphatic heterocycles. The van der Waals surface area contributed by atoms with E-state index in [1.54, 1.807) is 4.68 Å². The second kappa shape index (κ2) is 7.23. The first-order valence-corrected chi connectivity index (χ1v) is 10.9. The molecule has 1 spiro atoms. The number of benzene rings is 1. The van der Waals surface area contributed by atoms with Crippen molar-refractivity contribution < 1.29 is 9.59 Å². The van der Waals surface area contributed by atoms with Crippen molar-refractivity contribution in [1.29, 1.82) is 0 Å². The number of piperidine rings is 1. The molecule has 0 radical (unpaired) electrons. The molecule has 7 heteroatoms. The van der Waals surface area contributed by atoms with Gasteiger partial charge in [-0.1, -0.05) is 18.2 Å². The van der Waals surface area contributed by atoms with E-state index in [0.29, 0.717) is 25.3 Å². The van der Waals surface area contributed by atoms with E-state index in [-0.39, 0.29) is 17.9 Å². The summed E-state index contributed by atoms with van der Waals surface area (Å²) in [6.45, 7) is 2.68. The summed E-state index contributed by atoms with van der Waals surface area (Å²) in [7, 11) is 4.01. The molecule has 2 saturated heterocycles. The van der Waals surface area contributed by atoms with Crippen molar-refractivity contribution in [2.45, 2.75) is 37.1 Å². The topological polar surface area (TPSA) is 70.5 Å². The van der Waals surface area contributed by atoms with Crippen LogP contribution < -0.4 is 5.32 Å². The van der Waals surface area contributed by atoms with Crippen LogP contribution in [0, 0.1) is 5.92 Å². The molecule has 0 bridgehead atoms. The summed E-state index contributed by atoms with van der Waals surface area (Å²) >= 11 is 0. The Labute approximate surface area is 177 Å². The molecule has 2 fully saturated rings. The van der Waals surface area contributed by atoms with Gasteiger partial charge in [0, 0.05) is 37.5 Å². The molecule has 2 amide bonds. The van der Waals surface area contributed by atoms with Crippen LogP contribution in [-0.4, -0.2) is 58.1 Å². The predicted octanol–water partition coefficient (Wildman–Crippen LogP) is 2.32. The second-order valence-corrected chi connectivity index (χ2v) is 9.11. The maximum absolute atomic E-state index is 13.5. The monoisotopic (exact) mass is 407 g/mol. The van der Waals surface area contributed by atoms with Gasteiger partial charge in [0.2, 0.25) is 11.8 Å². The number of aryl methyl sites for hydroxylation is 1. The van der Waals surface area contributed by atoms with Crippen molar-refractivity contribution in [2.24, 2.45) is 13.0 Å². The van der Waals surface area contributed by atoms with E-state index in [9.17, 15) is 9.59 Å². The first-order valence-electron chi connectivity index (χ1n) is 10.9. The smallest absolute Gasteiger partial charge is 0.237 e. The van der Waals surface area contributed by atoms with E-state index in [4.69, 9.17) is 0 Å². The fraction of sp³-hybridized carbons (Fsp3) is 0.522. The molecular weight excluding hydrogens is 378 g/mol. The highest BCUT2D eigenvalue weighted by Crippen LogP contribution is 2.54. The standard InChI is InChI=1S/C23H29N5O2/c1-26-10-7-16(8-11-26)13-20(29)28-12-9-23(21(28)17-14-24-27(2)15-17)18-5-3-4-6-19(18)25-22(23)30/h3-6,14-16,21H,7-13H2,1-2H3,(H,25,30)/t21-,23+/m0/s1. The lowest BCUT2D eigenvalue weighted by atomic mass is 9.73. The molecule has 2 atom stereocenters. The Bertz CT molecular complexity index is 977. The van der Waals surface area contributed by atoms with Gasteiger partial charge in [-0.25, -0.2) is 0 Å². The van der Waals surface area contributed by atoms with Gasteiger partial charge >= 0.3 is 0 Å². The van der Waals surface area contributed by atoms with E-state index >= 15 is 0 Å². The third kappa shape index (κ3) is 2.95. The van der Waals surface area contributed by atoms with Crippen LogP contribution in [0.15, 0.2) is 36.7 Å². The van der Waals surface area contributed by atoms with Gasteiger partial charge < -0.3 is 15.1 Å². The molecule has 2 aromatic rings. The summed E-state index contributed by atoms with van der Waals surface area (Å²) in [6.07, 6.45) is 7.06. The number of aromatic nitrogens is 2. The summed E-state index contributed by atoms with van der Waals surface area (Å²) in [4.78, 5) is 31.1. The summed E-state index contributed by atoms with van der Waals surface area (Å²) < 4.78 is 1.75. The number of likely N-dealkylation sites (tertiary alicyclic amines) is 2. The molecule has 4 heterocycles. The van der Waals surface area contributed by atoms with Gasteiger partial charge in [0.05, 0.1) is 12.2 Å². The predicted molar refractivity (Wildman–Crippen MR) is 114 cm³/mol. The number of carbonyl (C=O) groups excluding carboxylic acids is 2. The van der Waals surface area contributed by atoms with E-state index < -0.39 is 5.41 Å². The molecule has 30 heavy (non-hydrogen) atoms. The molecule has 1 aromatic heterocycles. The lowest BCUT2D eigenvalue weighted by Crippen LogP contribution is -2.43. The summed E-state index contributed by atoms with van der Waals surface area (Å²) in [5, 5.41) is 7.43. The Balaban J connectivity index is 1.50. The highest BCUT2D eigenvalue weighted by Gasteiger charge is 2.59. The van der Waals surface area contributed by atoms with Crippen LogP contribution in [0.25, 0.3) is 0 Å². The fourth-order valence-electron chi connectivity index (χ4n) is 5.63. The average Bonchev–Trinajstić information content (AvgIpc) is 3.41. The number of nitrogens with zero attached hydrogens (tertiary/aromatic N) is 4. The molecule has 158 valence electrons. The van der Waals surface area contributed by atoms with Crippen molar-refractivity contribution in [1.82, 2.24) is 19.6 Å². The van der Waals surface area contributed by atoms with Crippen LogP contribution >= 0.6 is 0 Å². The summed E-state index contributed by atoms with van der Waals surface area (Å²) in [6, 6.07) is 7.57. The van der Waals surface area contributed by atoms with Crippen LogP contribution in [0.3, 0.4) is 0 Å². The zero-order valence-electron chi connectivity index (χ0n) is 17.7. The molecule has 1 N–H and O–H groups in total. The van der Waals surface area contributed by atoms with Crippen molar-refractivity contribution in [3.63, 3.8) is 0 Å². The quantitative estimate of drug-likeness (QED) is 0.848. The van der Waals surface area contributed by atoms with Crippen molar-refractivity contribution >= 4 is 17.5 Å². The Kier molecular flexibility index (Phi) is 4.65. The van der Waals surface area contributed by atoms with Crippen LogP contribution in [-0.2, 0) is 22.1 Å². The van der Waals surface area contributed by atoms with E-state index in [1.807, 2.05) is 48.6 Å². The van der Waals surface area contributed by atoms with Gasteiger partial charge in [0.25, 0.3) is 0 Å². The number of hydrogen-bond donors (Lipinski definition) is 1. The Hall–Kier alpha value is -2.67. The number of carbonyl (C=O) groups is 2. The number of hydrogen-bond acceptors (Lipinski definition) is 4. The SMILES string of the molecule is CN1CCC(CC(=O)N2CC[C@]3(C(=O)Nc4ccccc43)[C@@H]2c2cnn(C)c2)CC1. The van der Waals surface area contributed by atoms with E-state index in [2.05, 4.69) is 22.4 Å². The molecule has 7 nitrogen and oxygen atoms in total. The maximum atomic E-state index is 13.5. The zero-order valence-corrected chi connectivity index (χ0v) is 17.7. The minimum absolute atomic E-state index is 0.00727. The van der Waals surface area contributed by atoms with Gasteiger partial charge in [-0.15, -0.1) is 0 Å². The van der Waals surface area contributed by atoms with Crippen molar-refractivity contribution in [3.05, 3.63) is 47.8 Å². The molecular formula is C23H29N5O2. The highest BCUT2D eigenvalue weighted by atomic mass is 16.2. The largest absolute Gasteiger partial charge is 0.334 e. The lowest BCUT2D eigenvalue weighted by molar-refractivity contribution is -0.134. The van der Waals surface area contributed by atoms with E-state index in [0.717, 1.165) is 42.7 Å². The van der Waals surface area contributed by atoms with Gasteiger partial charge in [0.1, 0.15) is 5.41 Å². The molecule has 3 aliphatic rings. The minimum Gasteiger partial charge on any atom is -0.334 e. The highest BCUT2D eigenvalue weighted by molar-refractivity contribution is 6.07. The summed E-state index contributed by atoms with van der Waals surface area (Å²) in [5.74, 6) is 0.573. The Morgan fingerprint density at radius 1 is 1.20 bits per heavy atom. The van der Waals surface area contributed by atoms with Crippen LogP contribution in [0.2, 0.25) is 0 Å². The first kappa shape index (κ1) is 19.3. The maximum Gasteiger partial charge on any atom is 0.237 e. The van der Waals surface area contributed by atoms with Gasteiger partial charge in [-0.3, -0.25) is 14.3 Å². The Morgan fingerprint density at radius 2 is 1.97 bits per heavy atom. The van der Waals surface area contributed by atoms with Gasteiger partial charge in [0.15, 0.2) is 0 Å². The fourth-order valence-corrected chi connectivity index (χ4v) is 5.63. The number of para-hydroxylation sites is 1. The second-order valence-electron chi connectivity index (χ2n) is 9.11. The third-order valence-corrected chi connectivity index (χ3v) is 7.25. The molecule has 0 aliphatic carbocycles. The minimum atomic E-state index is -0.748. The van der Waals surface area contributed by atoms with Gasteiger partial charge in [-0.05, 0) is 56.9 Å². The first-order chi connectivity index (χ1) is 14.5. The summed E-state index contributed by atoms with van der Waals surface area (Å²) in [5.41, 5.74) is 2.04. The number of rotatable bonds is 3. The molecule has 0 unspecified atom stereocenters. The van der Waals surface area contributed by atoms with Crippen LogP contribution in [0.1, 0.15) is 42.9 Å². The Morgan fingerprint density at radius 3 is 2.70 bits per heavy atom. The van der Waals surface area contributed by atoms with Gasteiger partial charge in [-0.2, -0.15) is 5.10 Å². The van der Waals surface area contributed by atoms with Crippen LogP contribution in [0.4, 0.5) is 5.69 Å². The van der Waals surface area contributed by atoms with Crippen molar-refractivity contribution in [2.75, 3.05) is 32.0 Å². The number of nitrogens with one attached hydrogen (secondary N) is 1. The molecule has 5 rings (SSSR count).